The molecular formula is C12H11BrClNO2. The van der Waals surface area contributed by atoms with Gasteiger partial charge in [-0.25, -0.2) is 0 Å². The molecule has 90 valence electrons. The summed E-state index contributed by atoms with van der Waals surface area (Å²) in [5.41, 5.74) is 2.04. The van der Waals surface area contributed by atoms with Crippen molar-refractivity contribution < 1.29 is 9.53 Å². The summed E-state index contributed by atoms with van der Waals surface area (Å²) in [5, 5.41) is 8.87. The third-order valence-corrected chi connectivity index (χ3v) is 3.17. The zero-order chi connectivity index (χ0) is 12.8. The molecule has 1 aromatic carbocycles. The first-order chi connectivity index (χ1) is 8.12. The maximum Gasteiger partial charge on any atom is 0.310 e. The van der Waals surface area contributed by atoms with Gasteiger partial charge < -0.3 is 4.74 Å². The summed E-state index contributed by atoms with van der Waals surface area (Å²) >= 11 is 9.17. The number of hydrogen-bond acceptors (Lipinski definition) is 3. The molecule has 0 heterocycles. The van der Waals surface area contributed by atoms with Crippen molar-refractivity contribution in [2.24, 2.45) is 0 Å². The number of halogens is 2. The summed E-state index contributed by atoms with van der Waals surface area (Å²) < 4.78 is 5.62. The lowest BCUT2D eigenvalue weighted by molar-refractivity contribution is -0.142. The second kappa shape index (κ2) is 6.63. The number of carbonyl (C=O) groups is 1. The molecule has 0 aliphatic rings. The van der Waals surface area contributed by atoms with Crippen LogP contribution in [0.25, 0.3) is 0 Å². The van der Waals surface area contributed by atoms with Crippen LogP contribution in [0.4, 0.5) is 0 Å². The first-order valence-corrected chi connectivity index (χ1v) is 6.38. The predicted octanol–water partition coefficient (Wildman–Crippen LogP) is 3.17. The van der Waals surface area contributed by atoms with Gasteiger partial charge in [-0.2, -0.15) is 5.26 Å². The van der Waals surface area contributed by atoms with E-state index in [4.69, 9.17) is 21.6 Å². The monoisotopic (exact) mass is 315 g/mol. The van der Waals surface area contributed by atoms with Crippen LogP contribution < -0.4 is 0 Å². The van der Waals surface area contributed by atoms with E-state index in [0.717, 1.165) is 15.6 Å². The van der Waals surface area contributed by atoms with E-state index in [1.54, 1.807) is 19.1 Å². The van der Waals surface area contributed by atoms with Gasteiger partial charge in [-0.05, 0) is 30.2 Å². The van der Waals surface area contributed by atoms with Crippen molar-refractivity contribution >= 4 is 33.5 Å². The van der Waals surface area contributed by atoms with Crippen LogP contribution in [0.3, 0.4) is 0 Å². The second-order valence-electron chi connectivity index (χ2n) is 3.32. The van der Waals surface area contributed by atoms with Crippen molar-refractivity contribution in [3.8, 4) is 6.07 Å². The first kappa shape index (κ1) is 14.0. The minimum atomic E-state index is -0.319. The Morgan fingerprint density at radius 3 is 2.82 bits per heavy atom. The fraction of sp³-hybridized carbons (Fsp3) is 0.333. The number of benzene rings is 1. The number of carbonyl (C=O) groups excluding carboxylic acids is 1. The highest BCUT2D eigenvalue weighted by atomic mass is 79.9. The highest BCUT2D eigenvalue weighted by Gasteiger charge is 2.12. The van der Waals surface area contributed by atoms with Crippen LogP contribution in [-0.4, -0.2) is 12.6 Å². The van der Waals surface area contributed by atoms with Gasteiger partial charge in [0, 0.05) is 10.4 Å². The predicted molar refractivity (Wildman–Crippen MR) is 68.8 cm³/mol. The van der Waals surface area contributed by atoms with E-state index in [9.17, 15) is 4.79 Å². The smallest absolute Gasteiger partial charge is 0.310 e. The van der Waals surface area contributed by atoms with Crippen LogP contribution in [-0.2, 0) is 21.8 Å². The van der Waals surface area contributed by atoms with E-state index in [0.29, 0.717) is 12.2 Å². The van der Waals surface area contributed by atoms with Gasteiger partial charge in [-0.1, -0.05) is 15.9 Å². The van der Waals surface area contributed by atoms with Gasteiger partial charge in [0.15, 0.2) is 0 Å². The third-order valence-electron chi connectivity index (χ3n) is 2.19. The molecule has 0 radical (unpaired) electrons. The third kappa shape index (κ3) is 3.72. The van der Waals surface area contributed by atoms with Crippen molar-refractivity contribution in [2.45, 2.75) is 19.2 Å². The lowest BCUT2D eigenvalue weighted by atomic mass is 10.0. The van der Waals surface area contributed by atoms with Gasteiger partial charge in [0.2, 0.25) is 0 Å². The lowest BCUT2D eigenvalue weighted by Gasteiger charge is -2.09. The molecule has 1 aromatic rings. The molecule has 5 heteroatoms. The maximum absolute atomic E-state index is 11.4. The number of ether oxygens (including phenoxy) is 1. The van der Waals surface area contributed by atoms with E-state index in [2.05, 4.69) is 15.9 Å². The van der Waals surface area contributed by atoms with Crippen molar-refractivity contribution in [2.75, 3.05) is 6.61 Å². The van der Waals surface area contributed by atoms with E-state index in [1.807, 2.05) is 6.07 Å². The van der Waals surface area contributed by atoms with Crippen LogP contribution >= 0.6 is 27.5 Å². The molecule has 0 aliphatic carbocycles. The fourth-order valence-corrected chi connectivity index (χ4v) is 2.55. The molecular weight excluding hydrogens is 305 g/mol. The van der Waals surface area contributed by atoms with Crippen molar-refractivity contribution in [1.29, 1.82) is 5.26 Å². The Kier molecular flexibility index (Phi) is 5.46. The Morgan fingerprint density at radius 2 is 2.29 bits per heavy atom. The molecule has 3 nitrogen and oxygen atoms in total. The fourth-order valence-electron chi connectivity index (χ4n) is 1.43. The highest BCUT2D eigenvalue weighted by Crippen LogP contribution is 2.25. The summed E-state index contributed by atoms with van der Waals surface area (Å²) in [7, 11) is 0. The lowest BCUT2D eigenvalue weighted by Crippen LogP contribution is -2.09. The molecule has 0 saturated heterocycles. The Labute approximate surface area is 113 Å². The molecule has 0 spiro atoms. The minimum Gasteiger partial charge on any atom is -0.466 e. The highest BCUT2D eigenvalue weighted by molar-refractivity contribution is 9.10. The summed E-state index contributed by atoms with van der Waals surface area (Å²) in [5.74, 6) is -0.0399. The van der Waals surface area contributed by atoms with Gasteiger partial charge in [-0.3, -0.25) is 4.79 Å². The molecule has 0 fully saturated rings. The summed E-state index contributed by atoms with van der Waals surface area (Å²) in [6.07, 6.45) is 0.129. The largest absolute Gasteiger partial charge is 0.466 e. The van der Waals surface area contributed by atoms with Crippen molar-refractivity contribution in [3.63, 3.8) is 0 Å². The number of esters is 1. The number of nitrogens with zero attached hydrogens (tertiary/aromatic N) is 1. The SMILES string of the molecule is CCOC(=O)Cc1cc(C#N)cc(Br)c1CCl. The molecule has 0 N–H and O–H groups in total. The zero-order valence-electron chi connectivity index (χ0n) is 9.30. The van der Waals surface area contributed by atoms with Crippen molar-refractivity contribution in [1.82, 2.24) is 0 Å². The molecule has 0 aromatic heterocycles. The summed E-state index contributed by atoms with van der Waals surface area (Å²) in [6.45, 7) is 2.09. The Balaban J connectivity index is 3.08. The van der Waals surface area contributed by atoms with E-state index >= 15 is 0 Å². The van der Waals surface area contributed by atoms with E-state index < -0.39 is 0 Å². The second-order valence-corrected chi connectivity index (χ2v) is 4.44. The van der Waals surface area contributed by atoms with Gasteiger partial charge in [-0.15, -0.1) is 11.6 Å². The molecule has 0 aliphatic heterocycles. The van der Waals surface area contributed by atoms with Crippen LogP contribution in [0.15, 0.2) is 16.6 Å². The van der Waals surface area contributed by atoms with Crippen LogP contribution in [0.1, 0.15) is 23.6 Å². The van der Waals surface area contributed by atoms with Crippen LogP contribution in [0, 0.1) is 11.3 Å². The molecule has 0 amide bonds. The average molecular weight is 317 g/mol. The minimum absolute atomic E-state index is 0.129. The number of rotatable bonds is 4. The van der Waals surface area contributed by atoms with Crippen LogP contribution in [0.5, 0.6) is 0 Å². The van der Waals surface area contributed by atoms with Gasteiger partial charge in [0.05, 0.1) is 24.7 Å². The summed E-state index contributed by atoms with van der Waals surface area (Å²) in [6, 6.07) is 5.39. The molecule has 0 unspecified atom stereocenters. The van der Waals surface area contributed by atoms with Gasteiger partial charge in [0.25, 0.3) is 0 Å². The van der Waals surface area contributed by atoms with E-state index in [1.165, 1.54) is 0 Å². The van der Waals surface area contributed by atoms with E-state index in [-0.39, 0.29) is 18.3 Å². The zero-order valence-corrected chi connectivity index (χ0v) is 11.6. The molecule has 0 bridgehead atoms. The maximum atomic E-state index is 11.4. The number of alkyl halides is 1. The van der Waals surface area contributed by atoms with Crippen molar-refractivity contribution in [3.05, 3.63) is 33.3 Å². The Bertz CT molecular complexity index is 468. The molecule has 1 rings (SSSR count). The quantitative estimate of drug-likeness (QED) is 0.633. The summed E-state index contributed by atoms with van der Waals surface area (Å²) in [4.78, 5) is 11.4. The van der Waals surface area contributed by atoms with Crippen LogP contribution in [0.2, 0.25) is 0 Å². The van der Waals surface area contributed by atoms with Gasteiger partial charge >= 0.3 is 5.97 Å². The first-order valence-electron chi connectivity index (χ1n) is 5.05. The van der Waals surface area contributed by atoms with Gasteiger partial charge in [0.1, 0.15) is 0 Å². The standard InChI is InChI=1S/C12H11BrClNO2/c1-2-17-12(16)5-9-3-8(7-15)4-11(13)10(9)6-14/h3-4H,2,5-6H2,1H3. The Hall–Kier alpha value is -1.05. The number of hydrogen-bond donors (Lipinski definition) is 0. The molecule has 0 atom stereocenters. The molecule has 17 heavy (non-hydrogen) atoms. The Morgan fingerprint density at radius 1 is 1.59 bits per heavy atom. The molecule has 0 saturated carbocycles. The average Bonchev–Trinajstić information content (AvgIpc) is 2.28. The normalized spacial score (nSPS) is 9.76. The topological polar surface area (TPSA) is 50.1 Å². The number of nitriles is 1.